The van der Waals surface area contributed by atoms with E-state index in [-0.39, 0.29) is 5.69 Å². The van der Waals surface area contributed by atoms with Crippen LogP contribution in [0.25, 0.3) is 11.3 Å². The van der Waals surface area contributed by atoms with Crippen LogP contribution in [0.15, 0.2) is 59.4 Å². The summed E-state index contributed by atoms with van der Waals surface area (Å²) in [7, 11) is 1.50. The van der Waals surface area contributed by atoms with Gasteiger partial charge in [0.25, 0.3) is 5.56 Å². The van der Waals surface area contributed by atoms with E-state index in [9.17, 15) is 27.2 Å². The van der Waals surface area contributed by atoms with Crippen molar-refractivity contribution in [2.75, 3.05) is 12.4 Å². The second-order valence-electron chi connectivity index (χ2n) is 6.19. The second-order valence-corrected chi connectivity index (χ2v) is 6.19. The lowest BCUT2D eigenvalue weighted by molar-refractivity contribution is -0.140. The number of aromatic nitrogens is 2. The molecular weight excluding hydrogens is 406 g/mol. The average Bonchev–Trinajstić information content (AvgIpc) is 2.70. The third-order valence-electron chi connectivity index (χ3n) is 4.08. The van der Waals surface area contributed by atoms with Gasteiger partial charge in [0, 0.05) is 17.3 Å². The molecule has 1 N–H and O–H groups in total. The Kier molecular flexibility index (Phi) is 5.86. The van der Waals surface area contributed by atoms with E-state index in [2.05, 4.69) is 10.4 Å². The normalized spacial score (nSPS) is 11.2. The number of carbonyl (C=O) groups is 1. The molecule has 6 nitrogen and oxygen atoms in total. The Morgan fingerprint density at radius 3 is 2.60 bits per heavy atom. The summed E-state index contributed by atoms with van der Waals surface area (Å²) < 4.78 is 57.8. The van der Waals surface area contributed by atoms with Crippen molar-refractivity contribution >= 4 is 11.6 Å². The molecule has 1 amide bonds. The van der Waals surface area contributed by atoms with Gasteiger partial charge in [-0.1, -0.05) is 12.1 Å². The lowest BCUT2D eigenvalue weighted by atomic mass is 10.1. The van der Waals surface area contributed by atoms with Gasteiger partial charge in [-0.15, -0.1) is 0 Å². The third kappa shape index (κ3) is 4.83. The number of hydrogen-bond donors (Lipinski definition) is 1. The molecule has 0 aliphatic rings. The Hall–Kier alpha value is -3.69. The minimum Gasteiger partial charge on any atom is -0.497 e. The highest BCUT2D eigenvalue weighted by Gasteiger charge is 2.34. The Balaban J connectivity index is 1.81. The number of anilines is 1. The van der Waals surface area contributed by atoms with Gasteiger partial charge in [0.05, 0.1) is 18.4 Å². The number of carbonyl (C=O) groups excluding carboxylic acids is 1. The zero-order valence-electron chi connectivity index (χ0n) is 15.5. The summed E-state index contributed by atoms with van der Waals surface area (Å²) in [4.78, 5) is 24.3. The number of methoxy groups -OCH3 is 1. The van der Waals surface area contributed by atoms with Crippen molar-refractivity contribution in [1.82, 2.24) is 9.78 Å². The number of alkyl halides is 3. The fourth-order valence-electron chi connectivity index (χ4n) is 2.66. The topological polar surface area (TPSA) is 73.2 Å². The summed E-state index contributed by atoms with van der Waals surface area (Å²) in [5.41, 5.74) is -1.31. The van der Waals surface area contributed by atoms with E-state index in [0.29, 0.717) is 29.1 Å². The Bertz CT molecular complexity index is 1140. The van der Waals surface area contributed by atoms with Crippen LogP contribution in [-0.2, 0) is 17.5 Å². The first-order valence-corrected chi connectivity index (χ1v) is 8.56. The first-order valence-electron chi connectivity index (χ1n) is 8.56. The minimum atomic E-state index is -4.91. The van der Waals surface area contributed by atoms with E-state index >= 15 is 0 Å². The highest BCUT2D eigenvalue weighted by Crippen LogP contribution is 2.33. The van der Waals surface area contributed by atoms with Crippen molar-refractivity contribution in [1.29, 1.82) is 0 Å². The van der Waals surface area contributed by atoms with Crippen LogP contribution in [0, 0.1) is 5.82 Å². The molecule has 0 bridgehead atoms. The van der Waals surface area contributed by atoms with Gasteiger partial charge in [-0.25, -0.2) is 9.07 Å². The molecule has 30 heavy (non-hydrogen) atoms. The fourth-order valence-corrected chi connectivity index (χ4v) is 2.66. The maximum atomic E-state index is 13.4. The monoisotopic (exact) mass is 421 g/mol. The number of halogens is 4. The molecule has 0 aliphatic heterocycles. The quantitative estimate of drug-likeness (QED) is 0.638. The highest BCUT2D eigenvalue weighted by atomic mass is 19.4. The second kappa shape index (κ2) is 8.36. The molecule has 3 aromatic rings. The predicted octanol–water partition coefficient (Wildman–Crippen LogP) is 3.72. The maximum Gasteiger partial charge on any atom is 0.419 e. The lowest BCUT2D eigenvalue weighted by Gasteiger charge is -2.12. The van der Waals surface area contributed by atoms with E-state index in [1.54, 1.807) is 24.3 Å². The van der Waals surface area contributed by atoms with Crippen LogP contribution in [0.2, 0.25) is 0 Å². The molecule has 0 spiro atoms. The van der Waals surface area contributed by atoms with Gasteiger partial charge in [0.1, 0.15) is 18.1 Å². The largest absolute Gasteiger partial charge is 0.497 e. The molecule has 1 aromatic heterocycles. The molecule has 0 saturated carbocycles. The van der Waals surface area contributed by atoms with E-state index in [4.69, 9.17) is 4.74 Å². The minimum absolute atomic E-state index is 0.259. The molecule has 0 saturated heterocycles. The van der Waals surface area contributed by atoms with Gasteiger partial charge in [-0.3, -0.25) is 9.59 Å². The van der Waals surface area contributed by atoms with Gasteiger partial charge in [-0.05, 0) is 36.4 Å². The maximum absolute atomic E-state index is 13.4. The van der Waals surface area contributed by atoms with Crippen LogP contribution < -0.4 is 15.6 Å². The molecule has 0 aliphatic carbocycles. The molecule has 0 radical (unpaired) electrons. The summed E-state index contributed by atoms with van der Waals surface area (Å²) in [6, 6.07) is 11.6. The summed E-state index contributed by atoms with van der Waals surface area (Å²) in [5, 5.41) is 6.33. The Morgan fingerprint density at radius 1 is 1.13 bits per heavy atom. The zero-order chi connectivity index (χ0) is 21.9. The predicted molar refractivity (Wildman–Crippen MR) is 101 cm³/mol. The van der Waals surface area contributed by atoms with E-state index in [1.807, 2.05) is 0 Å². The molecule has 10 heteroatoms. The zero-order valence-corrected chi connectivity index (χ0v) is 15.5. The van der Waals surface area contributed by atoms with Crippen LogP contribution in [0.1, 0.15) is 5.56 Å². The number of nitrogens with zero attached hydrogens (tertiary/aromatic N) is 2. The Labute approximate surface area is 167 Å². The van der Waals surface area contributed by atoms with Crippen LogP contribution in [0.4, 0.5) is 23.2 Å². The number of rotatable bonds is 5. The van der Waals surface area contributed by atoms with Crippen LogP contribution in [-0.4, -0.2) is 22.8 Å². The van der Waals surface area contributed by atoms with E-state index in [1.165, 1.54) is 19.2 Å². The first kappa shape index (κ1) is 21.0. The SMILES string of the molecule is COc1cccc(-c2ccc(=O)n(CC(=O)Nc3ccc(F)c(C(F)(F)F)c3)n2)c1. The summed E-state index contributed by atoms with van der Waals surface area (Å²) in [6.45, 7) is -0.546. The fraction of sp³-hybridized carbons (Fsp3) is 0.150. The smallest absolute Gasteiger partial charge is 0.419 e. The van der Waals surface area contributed by atoms with Gasteiger partial charge in [0.2, 0.25) is 5.91 Å². The van der Waals surface area contributed by atoms with Crippen molar-refractivity contribution in [2.45, 2.75) is 12.7 Å². The van der Waals surface area contributed by atoms with Crippen LogP contribution in [0.5, 0.6) is 5.75 Å². The number of benzene rings is 2. The molecular formula is C20H15F4N3O3. The molecule has 2 aromatic carbocycles. The van der Waals surface area contributed by atoms with Crippen LogP contribution in [0.3, 0.4) is 0 Å². The average molecular weight is 421 g/mol. The van der Waals surface area contributed by atoms with Gasteiger partial charge < -0.3 is 10.1 Å². The van der Waals surface area contributed by atoms with Crippen molar-refractivity contribution in [3.8, 4) is 17.0 Å². The van der Waals surface area contributed by atoms with Crippen molar-refractivity contribution in [3.05, 3.63) is 76.3 Å². The summed E-state index contributed by atoms with van der Waals surface area (Å²) in [5.74, 6) is -1.68. The standard InChI is InChI=1S/C20H15F4N3O3/c1-30-14-4-2-3-12(9-14)17-7-8-19(29)27(26-17)11-18(28)25-13-5-6-16(21)15(10-13)20(22,23)24/h2-10H,11H2,1H3,(H,25,28). The van der Waals surface area contributed by atoms with Crippen LogP contribution >= 0.6 is 0 Å². The number of amides is 1. The number of hydrogen-bond acceptors (Lipinski definition) is 4. The summed E-state index contributed by atoms with van der Waals surface area (Å²) in [6.07, 6.45) is -4.91. The number of nitrogens with one attached hydrogen (secondary N) is 1. The molecule has 0 unspecified atom stereocenters. The Morgan fingerprint density at radius 2 is 1.90 bits per heavy atom. The van der Waals surface area contributed by atoms with Crippen molar-refractivity contribution in [2.24, 2.45) is 0 Å². The molecule has 156 valence electrons. The first-order chi connectivity index (χ1) is 14.2. The molecule has 0 fully saturated rings. The summed E-state index contributed by atoms with van der Waals surface area (Å²) >= 11 is 0. The highest BCUT2D eigenvalue weighted by molar-refractivity contribution is 5.90. The van der Waals surface area contributed by atoms with Crippen molar-refractivity contribution < 1.29 is 27.1 Å². The van der Waals surface area contributed by atoms with Gasteiger partial charge in [0.15, 0.2) is 0 Å². The lowest BCUT2D eigenvalue weighted by Crippen LogP contribution is -2.29. The van der Waals surface area contributed by atoms with E-state index < -0.39 is 35.6 Å². The van der Waals surface area contributed by atoms with Gasteiger partial charge >= 0.3 is 6.18 Å². The number of ether oxygens (including phenoxy) is 1. The molecule has 3 rings (SSSR count). The molecule has 1 heterocycles. The van der Waals surface area contributed by atoms with Crippen molar-refractivity contribution in [3.63, 3.8) is 0 Å². The van der Waals surface area contributed by atoms with E-state index in [0.717, 1.165) is 10.7 Å². The third-order valence-corrected chi connectivity index (χ3v) is 4.08. The molecule has 0 atom stereocenters. The van der Waals surface area contributed by atoms with Gasteiger partial charge in [-0.2, -0.15) is 18.3 Å².